The average molecular weight is 203 g/mol. The van der Waals surface area contributed by atoms with Gasteiger partial charge in [-0.05, 0) is 17.7 Å². The minimum absolute atomic E-state index is 0.0425. The number of hydrogen-bond donors (Lipinski definition) is 2. The first kappa shape index (κ1) is 11.3. The number of benzene rings is 1. The molecule has 0 spiro atoms. The molecule has 3 heteroatoms. The van der Waals surface area contributed by atoms with Crippen LogP contribution in [0.4, 0.5) is 0 Å². The van der Waals surface area contributed by atoms with Crippen LogP contribution in [-0.4, -0.2) is 17.6 Å². The maximum Gasteiger partial charge on any atom is 0.217 e. The summed E-state index contributed by atoms with van der Waals surface area (Å²) < 4.78 is 0. The Morgan fingerprint density at radius 2 is 2.07 bits per heavy atom. The van der Waals surface area contributed by atoms with Crippen molar-refractivity contribution in [2.45, 2.75) is 13.5 Å². The lowest BCUT2D eigenvalue weighted by Crippen LogP contribution is -2.18. The van der Waals surface area contributed by atoms with Crippen LogP contribution in [0.2, 0.25) is 0 Å². The molecule has 1 rings (SSSR count). The molecule has 3 nitrogen and oxygen atoms in total. The van der Waals surface area contributed by atoms with Gasteiger partial charge < -0.3 is 10.4 Å². The van der Waals surface area contributed by atoms with Crippen molar-refractivity contribution in [1.29, 1.82) is 0 Å². The molecular formula is C12H13NO2. The SMILES string of the molecule is CC(=O)NCc1ccc(C#CCO)cc1. The zero-order valence-electron chi connectivity index (χ0n) is 8.58. The third kappa shape index (κ3) is 4.30. The van der Waals surface area contributed by atoms with Crippen molar-refractivity contribution in [2.75, 3.05) is 6.61 Å². The molecule has 0 atom stereocenters. The van der Waals surface area contributed by atoms with Crippen LogP contribution in [0.3, 0.4) is 0 Å². The Morgan fingerprint density at radius 1 is 1.40 bits per heavy atom. The van der Waals surface area contributed by atoms with Gasteiger partial charge in [0, 0.05) is 19.0 Å². The molecule has 2 N–H and O–H groups in total. The van der Waals surface area contributed by atoms with E-state index in [9.17, 15) is 4.79 Å². The number of nitrogens with one attached hydrogen (secondary N) is 1. The smallest absolute Gasteiger partial charge is 0.217 e. The zero-order chi connectivity index (χ0) is 11.1. The van der Waals surface area contributed by atoms with Crippen LogP contribution in [0.15, 0.2) is 24.3 Å². The molecule has 0 saturated heterocycles. The first-order chi connectivity index (χ1) is 7.22. The van der Waals surface area contributed by atoms with Gasteiger partial charge in [-0.15, -0.1) is 0 Å². The standard InChI is InChI=1S/C12H13NO2/c1-10(15)13-9-12-6-4-11(5-7-12)3-2-8-14/h4-7,14H,8-9H2,1H3,(H,13,15). The quantitative estimate of drug-likeness (QED) is 0.694. The van der Waals surface area contributed by atoms with E-state index in [1.54, 1.807) is 0 Å². The van der Waals surface area contributed by atoms with E-state index in [-0.39, 0.29) is 12.5 Å². The summed E-state index contributed by atoms with van der Waals surface area (Å²) in [6, 6.07) is 7.52. The fourth-order valence-corrected chi connectivity index (χ4v) is 1.07. The maximum atomic E-state index is 10.7. The van der Waals surface area contributed by atoms with Crippen LogP contribution in [0.5, 0.6) is 0 Å². The lowest BCUT2D eigenvalue weighted by molar-refractivity contribution is -0.119. The van der Waals surface area contributed by atoms with Crippen LogP contribution in [0, 0.1) is 11.8 Å². The summed E-state index contributed by atoms with van der Waals surface area (Å²) in [5.41, 5.74) is 1.88. The van der Waals surface area contributed by atoms with Gasteiger partial charge in [0.05, 0.1) is 0 Å². The molecule has 0 fully saturated rings. The van der Waals surface area contributed by atoms with Crippen molar-refractivity contribution in [3.63, 3.8) is 0 Å². The van der Waals surface area contributed by atoms with Gasteiger partial charge in [0.1, 0.15) is 6.61 Å². The minimum Gasteiger partial charge on any atom is -0.384 e. The largest absolute Gasteiger partial charge is 0.384 e. The molecule has 0 saturated carbocycles. The van der Waals surface area contributed by atoms with Crippen LogP contribution < -0.4 is 5.32 Å². The zero-order valence-corrected chi connectivity index (χ0v) is 8.58. The van der Waals surface area contributed by atoms with Gasteiger partial charge >= 0.3 is 0 Å². The average Bonchev–Trinajstić information content (AvgIpc) is 2.25. The highest BCUT2D eigenvalue weighted by Gasteiger charge is 1.94. The molecule has 0 heterocycles. The number of aliphatic hydroxyl groups excluding tert-OH is 1. The topological polar surface area (TPSA) is 49.3 Å². The first-order valence-electron chi connectivity index (χ1n) is 4.65. The molecule has 0 bridgehead atoms. The molecule has 0 aliphatic carbocycles. The van der Waals surface area contributed by atoms with Crippen LogP contribution >= 0.6 is 0 Å². The summed E-state index contributed by atoms with van der Waals surface area (Å²) in [7, 11) is 0. The monoisotopic (exact) mass is 203 g/mol. The van der Waals surface area contributed by atoms with E-state index in [4.69, 9.17) is 5.11 Å². The number of aliphatic hydroxyl groups is 1. The second-order valence-corrected chi connectivity index (χ2v) is 3.07. The van der Waals surface area contributed by atoms with E-state index in [2.05, 4.69) is 17.2 Å². The first-order valence-corrected chi connectivity index (χ1v) is 4.65. The number of amides is 1. The Kier molecular flexibility index (Phi) is 4.39. The Morgan fingerprint density at radius 3 is 2.60 bits per heavy atom. The lowest BCUT2D eigenvalue weighted by Gasteiger charge is -2.01. The van der Waals surface area contributed by atoms with Gasteiger partial charge in [0.25, 0.3) is 0 Å². The molecule has 1 amide bonds. The number of carbonyl (C=O) groups is 1. The van der Waals surface area contributed by atoms with E-state index in [0.29, 0.717) is 6.54 Å². The van der Waals surface area contributed by atoms with Crippen LogP contribution in [-0.2, 0) is 11.3 Å². The molecule has 0 aromatic heterocycles. The maximum absolute atomic E-state index is 10.7. The minimum atomic E-state index is -0.131. The molecule has 0 unspecified atom stereocenters. The van der Waals surface area contributed by atoms with Crippen molar-refractivity contribution in [1.82, 2.24) is 5.32 Å². The fourth-order valence-electron chi connectivity index (χ4n) is 1.07. The number of hydrogen-bond acceptors (Lipinski definition) is 2. The predicted octanol–water partition coefficient (Wildman–Crippen LogP) is 0.666. The second kappa shape index (κ2) is 5.84. The molecule has 15 heavy (non-hydrogen) atoms. The van der Waals surface area contributed by atoms with Gasteiger partial charge in [-0.1, -0.05) is 24.0 Å². The molecule has 1 aromatic carbocycles. The van der Waals surface area contributed by atoms with Crippen molar-refractivity contribution in [3.8, 4) is 11.8 Å². The Labute approximate surface area is 89.1 Å². The molecular weight excluding hydrogens is 190 g/mol. The van der Waals surface area contributed by atoms with Gasteiger partial charge in [0.2, 0.25) is 5.91 Å². The van der Waals surface area contributed by atoms with Crippen molar-refractivity contribution >= 4 is 5.91 Å². The summed E-state index contributed by atoms with van der Waals surface area (Å²) in [6.45, 7) is 1.89. The highest BCUT2D eigenvalue weighted by atomic mass is 16.2. The van der Waals surface area contributed by atoms with E-state index in [1.807, 2.05) is 24.3 Å². The third-order valence-corrected chi connectivity index (χ3v) is 1.81. The number of carbonyl (C=O) groups excluding carboxylic acids is 1. The van der Waals surface area contributed by atoms with Gasteiger partial charge in [0.15, 0.2) is 0 Å². The van der Waals surface area contributed by atoms with Crippen molar-refractivity contribution in [2.24, 2.45) is 0 Å². The summed E-state index contributed by atoms with van der Waals surface area (Å²) in [5, 5.41) is 11.2. The van der Waals surface area contributed by atoms with E-state index in [1.165, 1.54) is 6.92 Å². The van der Waals surface area contributed by atoms with Gasteiger partial charge in [-0.25, -0.2) is 0 Å². The summed E-state index contributed by atoms with van der Waals surface area (Å²) in [6.07, 6.45) is 0. The molecule has 0 aliphatic heterocycles. The lowest BCUT2D eigenvalue weighted by atomic mass is 10.1. The van der Waals surface area contributed by atoms with E-state index in [0.717, 1.165) is 11.1 Å². The summed E-state index contributed by atoms with van der Waals surface area (Å²) in [5.74, 6) is 5.33. The second-order valence-electron chi connectivity index (χ2n) is 3.07. The highest BCUT2D eigenvalue weighted by Crippen LogP contribution is 2.02. The van der Waals surface area contributed by atoms with Gasteiger partial charge in [-0.3, -0.25) is 4.79 Å². The third-order valence-electron chi connectivity index (χ3n) is 1.81. The number of rotatable bonds is 2. The van der Waals surface area contributed by atoms with Crippen LogP contribution in [0.1, 0.15) is 18.1 Å². The Hall–Kier alpha value is -1.79. The van der Waals surface area contributed by atoms with E-state index < -0.39 is 0 Å². The van der Waals surface area contributed by atoms with Crippen LogP contribution in [0.25, 0.3) is 0 Å². The molecule has 0 radical (unpaired) electrons. The van der Waals surface area contributed by atoms with Crippen molar-refractivity contribution in [3.05, 3.63) is 35.4 Å². The van der Waals surface area contributed by atoms with E-state index >= 15 is 0 Å². The Bertz CT molecular complexity index is 384. The van der Waals surface area contributed by atoms with Crippen molar-refractivity contribution < 1.29 is 9.90 Å². The normalized spacial score (nSPS) is 8.93. The predicted molar refractivity (Wildman–Crippen MR) is 57.9 cm³/mol. The highest BCUT2D eigenvalue weighted by molar-refractivity contribution is 5.72. The fraction of sp³-hybridized carbons (Fsp3) is 0.250. The summed E-state index contributed by atoms with van der Waals surface area (Å²) >= 11 is 0. The molecule has 78 valence electrons. The van der Waals surface area contributed by atoms with Gasteiger partial charge in [-0.2, -0.15) is 0 Å². The molecule has 1 aromatic rings. The molecule has 0 aliphatic rings. The Balaban J connectivity index is 2.60. The summed E-state index contributed by atoms with van der Waals surface area (Å²) in [4.78, 5) is 10.7.